The molecule has 37 heavy (non-hydrogen) atoms. The minimum absolute atomic E-state index is 0.0952. The van der Waals surface area contributed by atoms with Gasteiger partial charge in [0.1, 0.15) is 5.84 Å². The van der Waals surface area contributed by atoms with Crippen LogP contribution in [0.4, 0.5) is 15.8 Å². The Labute approximate surface area is 213 Å². The zero-order chi connectivity index (χ0) is 26.1. The van der Waals surface area contributed by atoms with Crippen LogP contribution < -0.4 is 15.8 Å². The molecule has 4 aromatic rings. The predicted molar refractivity (Wildman–Crippen MR) is 140 cm³/mol. The summed E-state index contributed by atoms with van der Waals surface area (Å²) < 4.78 is 26.7. The fraction of sp³-hybridized carbons (Fsp3) is 0.296. The number of nitrogens with two attached hydrogens (primary N) is 1. The van der Waals surface area contributed by atoms with Crippen LogP contribution in [-0.2, 0) is 11.2 Å². The molecule has 0 aliphatic carbocycles. The van der Waals surface area contributed by atoms with Crippen molar-refractivity contribution in [3.05, 3.63) is 65.4 Å². The Kier molecular flexibility index (Phi) is 6.66. The Hall–Kier alpha value is -4.18. The Morgan fingerprint density at radius 2 is 2.16 bits per heavy atom. The lowest BCUT2D eigenvalue weighted by Crippen LogP contribution is -2.24. The molecule has 1 aromatic carbocycles. The highest BCUT2D eigenvalue weighted by molar-refractivity contribution is 6.06. The summed E-state index contributed by atoms with van der Waals surface area (Å²) in [6.45, 7) is 5.15. The number of halogens is 1. The van der Waals surface area contributed by atoms with E-state index in [9.17, 15) is 9.50 Å². The Balaban J connectivity index is 1.63. The van der Waals surface area contributed by atoms with E-state index in [0.29, 0.717) is 42.3 Å². The molecule has 1 fully saturated rings. The van der Waals surface area contributed by atoms with Crippen LogP contribution in [0.5, 0.6) is 11.6 Å². The van der Waals surface area contributed by atoms with Gasteiger partial charge in [-0.2, -0.15) is 5.10 Å². The summed E-state index contributed by atoms with van der Waals surface area (Å²) in [6, 6.07) is 6.58. The van der Waals surface area contributed by atoms with E-state index in [1.807, 2.05) is 32.2 Å². The Morgan fingerprint density at radius 3 is 2.86 bits per heavy atom. The second-order valence-corrected chi connectivity index (χ2v) is 9.02. The van der Waals surface area contributed by atoms with Crippen molar-refractivity contribution in [3.8, 4) is 22.8 Å². The number of phenolic OH excluding ortho intramolecular Hbond substituents is 1. The highest BCUT2D eigenvalue weighted by Crippen LogP contribution is 2.33. The van der Waals surface area contributed by atoms with Gasteiger partial charge in [-0.15, -0.1) is 0 Å². The van der Waals surface area contributed by atoms with Gasteiger partial charge in [0.05, 0.1) is 48.4 Å². The van der Waals surface area contributed by atoms with E-state index < -0.39 is 11.6 Å². The topological polar surface area (TPSA) is 119 Å². The lowest BCUT2D eigenvalue weighted by molar-refractivity contribution is 0.195. The van der Waals surface area contributed by atoms with Crippen LogP contribution in [0.15, 0.2) is 47.8 Å². The van der Waals surface area contributed by atoms with Crippen LogP contribution in [0.1, 0.15) is 30.0 Å². The van der Waals surface area contributed by atoms with Crippen molar-refractivity contribution in [2.24, 2.45) is 10.7 Å². The van der Waals surface area contributed by atoms with Crippen LogP contribution >= 0.6 is 0 Å². The Bertz CT molecular complexity index is 1490. The largest absolute Gasteiger partial charge is 0.505 e. The van der Waals surface area contributed by atoms with Crippen LogP contribution in [0.25, 0.3) is 16.6 Å². The molecule has 3 aromatic heterocycles. The zero-order valence-corrected chi connectivity index (χ0v) is 21.0. The number of fused-ring (bicyclic) bond motifs is 1. The van der Waals surface area contributed by atoms with Crippen molar-refractivity contribution in [2.45, 2.75) is 32.7 Å². The molecular formula is C27H29FN6O3. The number of amidine groups is 1. The van der Waals surface area contributed by atoms with Crippen molar-refractivity contribution in [2.75, 3.05) is 25.6 Å². The first-order chi connectivity index (χ1) is 17.9. The van der Waals surface area contributed by atoms with Crippen molar-refractivity contribution in [3.63, 3.8) is 0 Å². The molecule has 4 heterocycles. The number of phenols is 1. The van der Waals surface area contributed by atoms with Crippen LogP contribution in [-0.4, -0.2) is 51.9 Å². The number of benzene rings is 1. The number of aryl methyl sites for hydroxylation is 2. The van der Waals surface area contributed by atoms with E-state index in [1.165, 1.54) is 12.1 Å². The van der Waals surface area contributed by atoms with Gasteiger partial charge in [0.25, 0.3) is 0 Å². The first kappa shape index (κ1) is 24.5. The first-order valence-corrected chi connectivity index (χ1v) is 12.1. The summed E-state index contributed by atoms with van der Waals surface area (Å²) in [7, 11) is 1.59. The molecule has 0 unspecified atom stereocenters. The number of aromatic hydroxyl groups is 1. The first-order valence-electron chi connectivity index (χ1n) is 12.1. The summed E-state index contributed by atoms with van der Waals surface area (Å²) >= 11 is 0. The number of nitrogens with zero attached hydrogens (tertiary/aromatic N) is 4. The van der Waals surface area contributed by atoms with Crippen LogP contribution in [0.2, 0.25) is 0 Å². The minimum atomic E-state index is -0.751. The SMILES string of the molecule is CCc1cc(O)c(F)cc1/N=C(\N)c1cnn2cc(-c3cnc(OC)cc3C)cc2c1N[C@H]1CCOC1. The fourth-order valence-electron chi connectivity index (χ4n) is 4.52. The van der Waals surface area contributed by atoms with Gasteiger partial charge in [-0.3, -0.25) is 0 Å². The standard InChI is InChI=1S/C27H29FN6O3/c1-4-16-9-24(35)21(28)10-22(16)33-27(29)20-12-31-34-13-17(19-11-30-25(36-3)7-15(19)2)8-23(34)26(20)32-18-5-6-37-14-18/h7-13,18,32,35H,4-6,14H2,1-3H3,(H2,29,33)/t18-/m0/s1. The van der Waals surface area contributed by atoms with Gasteiger partial charge in [0.2, 0.25) is 5.88 Å². The van der Waals surface area contributed by atoms with Gasteiger partial charge in [0.15, 0.2) is 11.6 Å². The maximum Gasteiger partial charge on any atom is 0.213 e. The highest BCUT2D eigenvalue weighted by atomic mass is 19.1. The molecule has 0 amide bonds. The number of methoxy groups -OCH3 is 1. The van der Waals surface area contributed by atoms with E-state index in [2.05, 4.69) is 20.4 Å². The molecule has 1 saturated heterocycles. The van der Waals surface area contributed by atoms with Gasteiger partial charge >= 0.3 is 0 Å². The van der Waals surface area contributed by atoms with Gasteiger partial charge in [0, 0.05) is 42.3 Å². The van der Waals surface area contributed by atoms with E-state index in [1.54, 1.807) is 24.0 Å². The molecule has 1 aliphatic rings. The molecule has 0 bridgehead atoms. The number of hydrogen-bond acceptors (Lipinski definition) is 7. The van der Waals surface area contributed by atoms with E-state index >= 15 is 0 Å². The fourth-order valence-corrected chi connectivity index (χ4v) is 4.52. The molecule has 9 nitrogen and oxygen atoms in total. The number of anilines is 1. The summed E-state index contributed by atoms with van der Waals surface area (Å²) in [5, 5.41) is 17.9. The third-order valence-electron chi connectivity index (χ3n) is 6.57. The second kappa shape index (κ2) is 10.1. The number of nitrogens with one attached hydrogen (secondary N) is 1. The van der Waals surface area contributed by atoms with Crippen molar-refractivity contribution >= 4 is 22.7 Å². The predicted octanol–water partition coefficient (Wildman–Crippen LogP) is 4.36. The smallest absolute Gasteiger partial charge is 0.213 e. The average molecular weight is 505 g/mol. The minimum Gasteiger partial charge on any atom is -0.505 e. The van der Waals surface area contributed by atoms with Crippen molar-refractivity contribution in [1.82, 2.24) is 14.6 Å². The van der Waals surface area contributed by atoms with Gasteiger partial charge in [-0.25, -0.2) is 18.9 Å². The van der Waals surface area contributed by atoms with Crippen LogP contribution in [0, 0.1) is 12.7 Å². The third-order valence-corrected chi connectivity index (χ3v) is 6.57. The quantitative estimate of drug-likeness (QED) is 0.253. The van der Waals surface area contributed by atoms with Crippen molar-refractivity contribution in [1.29, 1.82) is 0 Å². The highest BCUT2D eigenvalue weighted by Gasteiger charge is 2.22. The van der Waals surface area contributed by atoms with Gasteiger partial charge < -0.3 is 25.6 Å². The lowest BCUT2D eigenvalue weighted by atomic mass is 10.1. The molecule has 0 spiro atoms. The summed E-state index contributed by atoms with van der Waals surface area (Å²) in [6.07, 6.45) is 6.77. The molecule has 0 radical (unpaired) electrons. The maximum absolute atomic E-state index is 14.1. The molecule has 4 N–H and O–H groups in total. The summed E-state index contributed by atoms with van der Waals surface area (Å²) in [5.74, 6) is -0.431. The molecule has 1 aliphatic heterocycles. The average Bonchev–Trinajstić information content (AvgIpc) is 3.56. The normalized spacial score (nSPS) is 15.9. The number of ether oxygens (including phenoxy) is 2. The number of pyridine rings is 1. The van der Waals surface area contributed by atoms with E-state index in [-0.39, 0.29) is 11.9 Å². The third kappa shape index (κ3) is 4.79. The molecule has 192 valence electrons. The number of aromatic nitrogens is 3. The van der Waals surface area contributed by atoms with Gasteiger partial charge in [-0.05, 0) is 43.0 Å². The molecule has 10 heteroatoms. The van der Waals surface area contributed by atoms with Gasteiger partial charge in [-0.1, -0.05) is 6.92 Å². The zero-order valence-electron chi connectivity index (χ0n) is 21.0. The molecular weight excluding hydrogens is 475 g/mol. The van der Waals surface area contributed by atoms with Crippen LogP contribution in [0.3, 0.4) is 0 Å². The maximum atomic E-state index is 14.1. The Morgan fingerprint density at radius 1 is 1.32 bits per heavy atom. The summed E-state index contributed by atoms with van der Waals surface area (Å²) in [5.41, 5.74) is 12.6. The second-order valence-electron chi connectivity index (χ2n) is 9.02. The number of hydrogen-bond donors (Lipinski definition) is 3. The number of rotatable bonds is 7. The van der Waals surface area contributed by atoms with E-state index in [4.69, 9.17) is 15.2 Å². The lowest BCUT2D eigenvalue weighted by Gasteiger charge is -2.17. The van der Waals surface area contributed by atoms with E-state index in [0.717, 1.165) is 34.3 Å². The monoisotopic (exact) mass is 504 g/mol. The molecule has 1 atom stereocenters. The molecule has 5 rings (SSSR count). The number of aliphatic imine (C=N–C) groups is 1. The molecule has 0 saturated carbocycles. The van der Waals surface area contributed by atoms with Crippen molar-refractivity contribution < 1.29 is 19.0 Å². The summed E-state index contributed by atoms with van der Waals surface area (Å²) in [4.78, 5) is 8.90.